The summed E-state index contributed by atoms with van der Waals surface area (Å²) in [5, 5.41) is 17.6. The molecule has 3 N–H and O–H groups in total. The maximum atomic E-state index is 9.65. The molecule has 1 aromatic carbocycles. The summed E-state index contributed by atoms with van der Waals surface area (Å²) < 4.78 is 12.7. The molecule has 2 heterocycles. The number of hydrogen-bond acceptors (Lipinski definition) is 6. The normalized spacial score (nSPS) is 16.0. The highest BCUT2D eigenvalue weighted by Gasteiger charge is 2.27. The van der Waals surface area contributed by atoms with E-state index in [1.165, 1.54) is 0 Å². The first-order valence-electron chi connectivity index (χ1n) is 7.84. The summed E-state index contributed by atoms with van der Waals surface area (Å²) >= 11 is 0. The van der Waals surface area contributed by atoms with Crippen LogP contribution in [-0.4, -0.2) is 37.1 Å². The molecule has 0 radical (unpaired) electrons. The molecular formula is C17H21N5O2. The molecule has 0 bridgehead atoms. The highest BCUT2D eigenvalue weighted by molar-refractivity contribution is 5.76. The molecular weight excluding hydrogens is 306 g/mol. The lowest BCUT2D eigenvalue weighted by Gasteiger charge is -2.24. The predicted octanol–water partition coefficient (Wildman–Crippen LogP) is 2.06. The first kappa shape index (κ1) is 16.1. The van der Waals surface area contributed by atoms with E-state index >= 15 is 0 Å². The lowest BCUT2D eigenvalue weighted by atomic mass is 10.0. The molecule has 1 atom stereocenters. The van der Waals surface area contributed by atoms with E-state index in [0.29, 0.717) is 29.3 Å². The molecule has 0 spiro atoms. The van der Waals surface area contributed by atoms with Crippen LogP contribution in [0.5, 0.6) is 11.5 Å². The van der Waals surface area contributed by atoms with Crippen molar-refractivity contribution in [3.05, 3.63) is 23.3 Å². The monoisotopic (exact) mass is 327 g/mol. The van der Waals surface area contributed by atoms with E-state index in [2.05, 4.69) is 16.5 Å². The molecule has 0 saturated heterocycles. The molecule has 0 aliphatic carbocycles. The van der Waals surface area contributed by atoms with Gasteiger partial charge in [-0.15, -0.1) is 0 Å². The molecule has 3 rings (SSSR count). The zero-order chi connectivity index (χ0) is 17.3. The molecule has 24 heavy (non-hydrogen) atoms. The Kier molecular flexibility index (Phi) is 4.32. The highest BCUT2D eigenvalue weighted by Crippen LogP contribution is 2.38. The van der Waals surface area contributed by atoms with E-state index in [0.717, 1.165) is 29.9 Å². The van der Waals surface area contributed by atoms with Gasteiger partial charge in [0, 0.05) is 24.2 Å². The summed E-state index contributed by atoms with van der Waals surface area (Å²) in [4.78, 5) is 0. The van der Waals surface area contributed by atoms with Crippen LogP contribution in [0.3, 0.4) is 0 Å². The Balaban J connectivity index is 2.20. The topological polar surface area (TPSA) is 98.1 Å². The third-order valence-electron chi connectivity index (χ3n) is 4.44. The number of ether oxygens (including phenoxy) is 2. The van der Waals surface area contributed by atoms with Crippen molar-refractivity contribution >= 4 is 5.82 Å². The van der Waals surface area contributed by atoms with Crippen LogP contribution in [0, 0.1) is 18.3 Å². The van der Waals surface area contributed by atoms with Crippen LogP contribution >= 0.6 is 0 Å². The van der Waals surface area contributed by atoms with Gasteiger partial charge in [-0.05, 0) is 25.5 Å². The predicted molar refractivity (Wildman–Crippen MR) is 91.4 cm³/mol. The lowest BCUT2D eigenvalue weighted by Crippen LogP contribution is -2.29. The molecule has 0 amide bonds. The van der Waals surface area contributed by atoms with Gasteiger partial charge >= 0.3 is 0 Å². The van der Waals surface area contributed by atoms with Gasteiger partial charge in [0.2, 0.25) is 0 Å². The first-order valence-corrected chi connectivity index (χ1v) is 7.84. The van der Waals surface area contributed by atoms with Crippen LogP contribution in [0.15, 0.2) is 12.1 Å². The van der Waals surface area contributed by atoms with Gasteiger partial charge < -0.3 is 20.5 Å². The SMILES string of the molecule is COc1cc(-c2nn3c(c2C#N)NCCC3CN)cc(OC)c1C. The van der Waals surface area contributed by atoms with Crippen molar-refractivity contribution in [3.8, 4) is 28.8 Å². The average Bonchev–Trinajstić information content (AvgIpc) is 3.00. The van der Waals surface area contributed by atoms with Crippen LogP contribution in [-0.2, 0) is 0 Å². The van der Waals surface area contributed by atoms with E-state index in [-0.39, 0.29) is 6.04 Å². The number of anilines is 1. The fourth-order valence-corrected chi connectivity index (χ4v) is 3.10. The van der Waals surface area contributed by atoms with Crippen LogP contribution < -0.4 is 20.5 Å². The molecule has 7 heteroatoms. The maximum Gasteiger partial charge on any atom is 0.143 e. The largest absolute Gasteiger partial charge is 0.496 e. The standard InChI is InChI=1S/C17H21N5O2/c1-10-14(23-2)6-11(7-15(10)24-3)16-13(9-19)17-20-5-4-12(8-18)22(17)21-16/h6-7,12,20H,4-5,8,18H2,1-3H3. The van der Waals surface area contributed by atoms with Crippen molar-refractivity contribution in [1.29, 1.82) is 5.26 Å². The zero-order valence-electron chi connectivity index (χ0n) is 14.1. The Morgan fingerprint density at radius 1 is 1.38 bits per heavy atom. The van der Waals surface area contributed by atoms with Crippen LogP contribution in [0.25, 0.3) is 11.3 Å². The Hall–Kier alpha value is -2.72. The molecule has 1 aromatic heterocycles. The number of rotatable bonds is 4. The van der Waals surface area contributed by atoms with Crippen LogP contribution in [0.1, 0.15) is 23.6 Å². The van der Waals surface area contributed by atoms with E-state index in [9.17, 15) is 5.26 Å². The van der Waals surface area contributed by atoms with Crippen LogP contribution in [0.2, 0.25) is 0 Å². The molecule has 1 aliphatic heterocycles. The summed E-state index contributed by atoms with van der Waals surface area (Å²) in [7, 11) is 3.22. The minimum atomic E-state index is 0.0938. The minimum absolute atomic E-state index is 0.0938. The van der Waals surface area contributed by atoms with Crippen molar-refractivity contribution in [3.63, 3.8) is 0 Å². The number of nitrogens with one attached hydrogen (secondary N) is 1. The van der Waals surface area contributed by atoms with Gasteiger partial charge in [-0.2, -0.15) is 10.4 Å². The molecule has 126 valence electrons. The van der Waals surface area contributed by atoms with Gasteiger partial charge in [0.05, 0.1) is 20.3 Å². The molecule has 2 aromatic rings. The van der Waals surface area contributed by atoms with Gasteiger partial charge in [0.25, 0.3) is 0 Å². The Morgan fingerprint density at radius 3 is 2.58 bits per heavy atom. The fourth-order valence-electron chi connectivity index (χ4n) is 3.10. The van der Waals surface area contributed by atoms with Gasteiger partial charge in [-0.1, -0.05) is 0 Å². The third-order valence-corrected chi connectivity index (χ3v) is 4.44. The lowest BCUT2D eigenvalue weighted by molar-refractivity contribution is 0.389. The minimum Gasteiger partial charge on any atom is -0.496 e. The number of nitrogens with zero attached hydrogens (tertiary/aromatic N) is 3. The van der Waals surface area contributed by atoms with E-state index in [1.807, 2.05) is 23.7 Å². The quantitative estimate of drug-likeness (QED) is 0.892. The molecule has 1 unspecified atom stereocenters. The van der Waals surface area contributed by atoms with Crippen molar-refractivity contribution in [2.45, 2.75) is 19.4 Å². The summed E-state index contributed by atoms with van der Waals surface area (Å²) in [6, 6.07) is 6.12. The Morgan fingerprint density at radius 2 is 2.04 bits per heavy atom. The van der Waals surface area contributed by atoms with Gasteiger partial charge in [0.15, 0.2) is 0 Å². The first-order chi connectivity index (χ1) is 11.6. The van der Waals surface area contributed by atoms with Crippen molar-refractivity contribution in [2.75, 3.05) is 32.6 Å². The second-order valence-corrected chi connectivity index (χ2v) is 5.74. The molecule has 0 saturated carbocycles. The van der Waals surface area contributed by atoms with E-state index < -0.39 is 0 Å². The summed E-state index contributed by atoms with van der Waals surface area (Å²) in [6.45, 7) is 3.19. The van der Waals surface area contributed by atoms with Crippen LogP contribution in [0.4, 0.5) is 5.82 Å². The second-order valence-electron chi connectivity index (χ2n) is 5.74. The number of nitriles is 1. The van der Waals surface area contributed by atoms with E-state index in [4.69, 9.17) is 15.2 Å². The Bertz CT molecular complexity index is 781. The number of hydrogen-bond donors (Lipinski definition) is 2. The maximum absolute atomic E-state index is 9.65. The van der Waals surface area contributed by atoms with Gasteiger partial charge in [0.1, 0.15) is 34.6 Å². The smallest absolute Gasteiger partial charge is 0.143 e. The van der Waals surface area contributed by atoms with Gasteiger partial charge in [-0.25, -0.2) is 4.68 Å². The third kappa shape index (κ3) is 2.45. The summed E-state index contributed by atoms with van der Waals surface area (Å²) in [5.41, 5.74) is 8.67. The number of aromatic nitrogens is 2. The van der Waals surface area contributed by atoms with Crippen molar-refractivity contribution < 1.29 is 9.47 Å². The summed E-state index contributed by atoms with van der Waals surface area (Å²) in [5.74, 6) is 2.12. The molecule has 7 nitrogen and oxygen atoms in total. The van der Waals surface area contributed by atoms with Crippen molar-refractivity contribution in [1.82, 2.24) is 9.78 Å². The van der Waals surface area contributed by atoms with Crippen molar-refractivity contribution in [2.24, 2.45) is 5.73 Å². The second kappa shape index (κ2) is 6.42. The number of benzene rings is 1. The highest BCUT2D eigenvalue weighted by atomic mass is 16.5. The molecule has 0 fully saturated rings. The number of methoxy groups -OCH3 is 2. The van der Waals surface area contributed by atoms with Gasteiger partial charge in [-0.3, -0.25) is 0 Å². The average molecular weight is 327 g/mol. The zero-order valence-corrected chi connectivity index (χ0v) is 14.1. The molecule has 1 aliphatic rings. The Labute approximate surface area is 141 Å². The summed E-state index contributed by atoms with van der Waals surface area (Å²) in [6.07, 6.45) is 0.885. The van der Waals surface area contributed by atoms with E-state index in [1.54, 1.807) is 14.2 Å². The fraction of sp³-hybridized carbons (Fsp3) is 0.412. The number of nitrogens with two attached hydrogens (primary N) is 1. The number of fused-ring (bicyclic) bond motifs is 1.